The maximum absolute atomic E-state index is 10.6. The molecule has 2 rings (SSSR count). The molecule has 0 bridgehead atoms. The van der Waals surface area contributed by atoms with Gasteiger partial charge < -0.3 is 4.74 Å². The predicted molar refractivity (Wildman–Crippen MR) is 45.8 cm³/mol. The summed E-state index contributed by atoms with van der Waals surface area (Å²) in [6.45, 7) is 1.99. The highest BCUT2D eigenvalue weighted by Crippen LogP contribution is 2.25. The summed E-state index contributed by atoms with van der Waals surface area (Å²) in [7, 11) is 0. The molecule has 0 saturated heterocycles. The SMILES string of the molecule is CCOc1c2nnnc-2ncn1[N+](=O)[O-]. The molecule has 0 aromatic rings. The Hall–Kier alpha value is -2.32. The Kier molecular flexibility index (Phi) is 2.12. The minimum atomic E-state index is -0.661. The molecule has 0 saturated carbocycles. The average molecular weight is 210 g/mol. The molecule has 0 aliphatic carbocycles. The third-order valence-corrected chi connectivity index (χ3v) is 1.65. The second-order valence-corrected chi connectivity index (χ2v) is 2.53. The van der Waals surface area contributed by atoms with Gasteiger partial charge in [0.25, 0.3) is 5.88 Å². The van der Waals surface area contributed by atoms with Crippen LogP contribution in [-0.4, -0.2) is 36.7 Å². The van der Waals surface area contributed by atoms with Crippen molar-refractivity contribution < 1.29 is 9.77 Å². The van der Waals surface area contributed by atoms with E-state index < -0.39 is 5.03 Å². The van der Waals surface area contributed by atoms with Crippen molar-refractivity contribution in [1.82, 2.24) is 25.1 Å². The molecule has 0 N–H and O–H groups in total. The van der Waals surface area contributed by atoms with E-state index in [1.54, 1.807) is 6.92 Å². The van der Waals surface area contributed by atoms with E-state index in [4.69, 9.17) is 4.74 Å². The second-order valence-electron chi connectivity index (χ2n) is 2.53. The van der Waals surface area contributed by atoms with Crippen molar-refractivity contribution in [2.75, 3.05) is 6.61 Å². The van der Waals surface area contributed by atoms with Crippen molar-refractivity contribution >= 4 is 0 Å². The Bertz CT molecular complexity index is 468. The molecule has 0 fully saturated rings. The molecule has 9 heteroatoms. The summed E-state index contributed by atoms with van der Waals surface area (Å²) in [5, 5.41) is 20.5. The summed E-state index contributed by atoms with van der Waals surface area (Å²) in [5.74, 6) is 0.203. The molecular formula is C6H6N6O3. The predicted octanol–water partition coefficient (Wildman–Crippen LogP) is -0.389. The molecule has 0 radical (unpaired) electrons. The van der Waals surface area contributed by atoms with Crippen LogP contribution in [0.15, 0.2) is 6.33 Å². The third-order valence-electron chi connectivity index (χ3n) is 1.65. The summed E-state index contributed by atoms with van der Waals surface area (Å²) in [4.78, 5) is 14.4. The monoisotopic (exact) mass is 210 g/mol. The summed E-state index contributed by atoms with van der Waals surface area (Å²) < 4.78 is 5.75. The Morgan fingerprint density at radius 1 is 1.60 bits per heavy atom. The van der Waals surface area contributed by atoms with E-state index in [9.17, 15) is 10.1 Å². The van der Waals surface area contributed by atoms with Gasteiger partial charge in [-0.05, 0) is 16.8 Å². The van der Waals surface area contributed by atoms with Crippen molar-refractivity contribution in [3.05, 3.63) is 16.4 Å². The number of nitro groups is 1. The van der Waals surface area contributed by atoms with Gasteiger partial charge in [-0.25, -0.2) is 15.1 Å². The van der Waals surface area contributed by atoms with E-state index in [1.165, 1.54) is 0 Å². The lowest BCUT2D eigenvalue weighted by atomic mass is 10.4. The van der Waals surface area contributed by atoms with Gasteiger partial charge in [0.2, 0.25) is 11.5 Å². The first-order valence-corrected chi connectivity index (χ1v) is 4.08. The average Bonchev–Trinajstić information content (AvgIpc) is 2.66. The van der Waals surface area contributed by atoms with E-state index in [2.05, 4.69) is 20.4 Å². The number of hydrogen-bond acceptors (Lipinski definition) is 7. The molecule has 2 aliphatic rings. The lowest BCUT2D eigenvalue weighted by molar-refractivity contribution is -0.544. The van der Waals surface area contributed by atoms with Gasteiger partial charge in [0.15, 0.2) is 11.4 Å². The van der Waals surface area contributed by atoms with Gasteiger partial charge in [-0.3, -0.25) is 0 Å². The summed E-state index contributed by atoms with van der Waals surface area (Å²) >= 11 is 0. The van der Waals surface area contributed by atoms with Crippen LogP contribution in [-0.2, 0) is 0 Å². The largest absolute Gasteiger partial charge is 0.474 e. The van der Waals surface area contributed by atoms with Crippen molar-refractivity contribution in [2.45, 2.75) is 6.92 Å². The van der Waals surface area contributed by atoms with Crippen LogP contribution in [0, 0.1) is 10.1 Å². The van der Waals surface area contributed by atoms with Gasteiger partial charge in [-0.15, -0.1) is 10.2 Å². The zero-order valence-electron chi connectivity index (χ0n) is 7.69. The first-order chi connectivity index (χ1) is 7.24. The van der Waals surface area contributed by atoms with Gasteiger partial charge in [-0.2, -0.15) is 0 Å². The van der Waals surface area contributed by atoms with Crippen molar-refractivity contribution in [1.29, 1.82) is 0 Å². The molecule has 0 aromatic heterocycles. The van der Waals surface area contributed by atoms with Gasteiger partial charge in [0.05, 0.1) is 6.61 Å². The molecule has 0 amide bonds. The fourth-order valence-electron chi connectivity index (χ4n) is 1.08. The number of aromatic nitrogens is 5. The highest BCUT2D eigenvalue weighted by Gasteiger charge is 2.23. The number of ether oxygens (including phenoxy) is 1. The number of rotatable bonds is 3. The molecule has 0 unspecified atom stereocenters. The first kappa shape index (κ1) is 9.24. The minimum Gasteiger partial charge on any atom is -0.474 e. The van der Waals surface area contributed by atoms with E-state index in [1.807, 2.05) is 0 Å². The van der Waals surface area contributed by atoms with Crippen molar-refractivity contribution in [2.24, 2.45) is 0 Å². The smallest absolute Gasteiger partial charge is 0.292 e. The molecule has 15 heavy (non-hydrogen) atoms. The van der Waals surface area contributed by atoms with Crippen molar-refractivity contribution in [3.63, 3.8) is 0 Å². The van der Waals surface area contributed by atoms with Crippen LogP contribution in [0.3, 0.4) is 0 Å². The maximum Gasteiger partial charge on any atom is 0.292 e. The zero-order chi connectivity index (χ0) is 10.8. The van der Waals surface area contributed by atoms with Gasteiger partial charge in [0, 0.05) is 0 Å². The van der Waals surface area contributed by atoms with Crippen LogP contribution >= 0.6 is 0 Å². The Morgan fingerprint density at radius 3 is 3.07 bits per heavy atom. The number of hydrogen-bond donors (Lipinski definition) is 0. The maximum atomic E-state index is 10.6. The van der Waals surface area contributed by atoms with Crippen LogP contribution in [0.2, 0.25) is 0 Å². The molecule has 9 nitrogen and oxygen atoms in total. The van der Waals surface area contributed by atoms with Crippen molar-refractivity contribution in [3.8, 4) is 17.4 Å². The summed E-state index contributed by atoms with van der Waals surface area (Å²) in [5.41, 5.74) is 0.177. The highest BCUT2D eigenvalue weighted by atomic mass is 16.7. The molecular weight excluding hydrogens is 204 g/mol. The lowest BCUT2D eigenvalue weighted by Gasteiger charge is -2.06. The molecule has 0 atom stereocenters. The molecule has 2 heterocycles. The molecule has 2 aliphatic heterocycles. The quantitative estimate of drug-likeness (QED) is 0.501. The van der Waals surface area contributed by atoms with Gasteiger partial charge >= 0.3 is 0 Å². The summed E-state index contributed by atoms with van der Waals surface area (Å²) in [6.07, 6.45) is 1.00. The van der Waals surface area contributed by atoms with Crippen LogP contribution in [0.5, 0.6) is 5.88 Å². The molecule has 0 aromatic carbocycles. The fourth-order valence-corrected chi connectivity index (χ4v) is 1.08. The van der Waals surface area contributed by atoms with Crippen LogP contribution in [0.1, 0.15) is 6.92 Å². The highest BCUT2D eigenvalue weighted by molar-refractivity contribution is 5.55. The number of fused-ring (bicyclic) bond motifs is 1. The molecule has 78 valence electrons. The second kappa shape index (κ2) is 3.44. The van der Waals surface area contributed by atoms with E-state index in [-0.39, 0.29) is 24.0 Å². The normalized spacial score (nSPS) is 10.5. The van der Waals surface area contributed by atoms with E-state index >= 15 is 0 Å². The topological polar surface area (TPSA) is 109 Å². The zero-order valence-corrected chi connectivity index (χ0v) is 7.69. The van der Waals surface area contributed by atoms with Gasteiger partial charge in [-0.1, -0.05) is 0 Å². The van der Waals surface area contributed by atoms with E-state index in [0.717, 1.165) is 6.33 Å². The van der Waals surface area contributed by atoms with Gasteiger partial charge in [0.1, 0.15) is 0 Å². The van der Waals surface area contributed by atoms with E-state index in [0.29, 0.717) is 4.68 Å². The Labute approximate surface area is 83.2 Å². The standard InChI is InChI=1S/C6H6N6O3/c1-2-15-6-4-5(9-10-8-4)7-3-11(6)12(13)14/h3H,2H2,1H3. The first-order valence-electron chi connectivity index (χ1n) is 4.08. The Balaban J connectivity index is 2.63. The van der Waals surface area contributed by atoms with Crippen LogP contribution in [0.25, 0.3) is 11.5 Å². The minimum absolute atomic E-state index is 0.0162. The van der Waals surface area contributed by atoms with Crippen LogP contribution in [0.4, 0.5) is 0 Å². The molecule has 0 spiro atoms. The third kappa shape index (κ3) is 1.43. The Morgan fingerprint density at radius 2 is 2.40 bits per heavy atom. The fraction of sp³-hybridized carbons (Fsp3) is 0.333. The summed E-state index contributed by atoms with van der Waals surface area (Å²) in [6, 6.07) is 0. The number of nitrogens with zero attached hydrogens (tertiary/aromatic N) is 6. The van der Waals surface area contributed by atoms with Crippen LogP contribution < -0.4 is 4.74 Å². The lowest BCUT2D eigenvalue weighted by Crippen LogP contribution is -2.15.